The number of methoxy groups -OCH3 is 1. The Kier molecular flexibility index (Phi) is 3.54. The molecule has 2 aliphatic heterocycles. The highest BCUT2D eigenvalue weighted by Crippen LogP contribution is 2.46. The molecule has 1 aromatic heterocycles. The third kappa shape index (κ3) is 2.24. The second-order valence-electron chi connectivity index (χ2n) is 5.70. The van der Waals surface area contributed by atoms with E-state index in [1.807, 2.05) is 36.6 Å². The summed E-state index contributed by atoms with van der Waals surface area (Å²) in [7, 11) is 1.77. The third-order valence-corrected chi connectivity index (χ3v) is 5.75. The molecular weight excluding hydrogens is 274 g/mol. The number of rotatable bonds is 3. The van der Waals surface area contributed by atoms with Crippen molar-refractivity contribution in [1.29, 1.82) is 0 Å². The summed E-state index contributed by atoms with van der Waals surface area (Å²) < 4.78 is 7.46. The smallest absolute Gasteiger partial charge is 0.272 e. The molecule has 1 atom stereocenters. The standard InChI is InChI=1S/C14H21N3O2S/c1-4-17-12(5-10(2)15-17)13(18)16-8-14(9-16)6-11(19-3)7-20-14/h5,11H,4,6-9H2,1-3H3. The largest absolute Gasteiger partial charge is 0.381 e. The Morgan fingerprint density at radius 2 is 2.35 bits per heavy atom. The van der Waals surface area contributed by atoms with Crippen molar-refractivity contribution >= 4 is 17.7 Å². The van der Waals surface area contributed by atoms with Crippen molar-refractivity contribution in [3.05, 3.63) is 17.5 Å². The fourth-order valence-electron chi connectivity index (χ4n) is 3.09. The van der Waals surface area contributed by atoms with E-state index in [2.05, 4.69) is 5.10 Å². The van der Waals surface area contributed by atoms with Crippen molar-refractivity contribution in [2.45, 2.75) is 37.7 Å². The number of aryl methyl sites for hydroxylation is 2. The van der Waals surface area contributed by atoms with Crippen molar-refractivity contribution in [1.82, 2.24) is 14.7 Å². The molecule has 2 saturated heterocycles. The second-order valence-corrected chi connectivity index (χ2v) is 7.19. The Morgan fingerprint density at radius 3 is 2.95 bits per heavy atom. The lowest BCUT2D eigenvalue weighted by Gasteiger charge is -2.47. The monoisotopic (exact) mass is 295 g/mol. The van der Waals surface area contributed by atoms with E-state index in [-0.39, 0.29) is 10.7 Å². The molecule has 110 valence electrons. The first-order valence-electron chi connectivity index (χ1n) is 7.07. The number of nitrogens with zero attached hydrogens (tertiary/aromatic N) is 3. The summed E-state index contributed by atoms with van der Waals surface area (Å²) in [4.78, 5) is 14.5. The summed E-state index contributed by atoms with van der Waals surface area (Å²) in [5.41, 5.74) is 1.62. The summed E-state index contributed by atoms with van der Waals surface area (Å²) >= 11 is 1.95. The van der Waals surface area contributed by atoms with Crippen LogP contribution >= 0.6 is 11.8 Å². The minimum Gasteiger partial charge on any atom is -0.381 e. The van der Waals surface area contributed by atoms with E-state index in [1.165, 1.54) is 0 Å². The van der Waals surface area contributed by atoms with Crippen molar-refractivity contribution in [2.24, 2.45) is 0 Å². The summed E-state index contributed by atoms with van der Waals surface area (Å²) in [6.45, 7) is 6.34. The van der Waals surface area contributed by atoms with Gasteiger partial charge in [-0.3, -0.25) is 9.48 Å². The summed E-state index contributed by atoms with van der Waals surface area (Å²) in [6.07, 6.45) is 1.41. The number of carbonyl (C=O) groups is 1. The van der Waals surface area contributed by atoms with E-state index in [9.17, 15) is 4.79 Å². The van der Waals surface area contributed by atoms with Crippen molar-refractivity contribution in [3.8, 4) is 0 Å². The number of hydrogen-bond acceptors (Lipinski definition) is 4. The van der Waals surface area contributed by atoms with E-state index in [4.69, 9.17) is 4.74 Å². The first kappa shape index (κ1) is 13.9. The molecule has 6 heteroatoms. The first-order chi connectivity index (χ1) is 9.57. The van der Waals surface area contributed by atoms with Gasteiger partial charge in [0.1, 0.15) is 5.69 Å². The molecule has 0 N–H and O–H groups in total. The molecule has 0 aromatic carbocycles. The van der Waals surface area contributed by atoms with Gasteiger partial charge in [-0.1, -0.05) is 0 Å². The highest BCUT2D eigenvalue weighted by Gasteiger charge is 2.51. The average Bonchev–Trinajstić information content (AvgIpc) is 2.99. The van der Waals surface area contributed by atoms with Crippen LogP contribution in [0, 0.1) is 6.92 Å². The Morgan fingerprint density at radius 1 is 1.60 bits per heavy atom. The molecule has 1 unspecified atom stereocenters. The van der Waals surface area contributed by atoms with Gasteiger partial charge in [-0.2, -0.15) is 5.10 Å². The van der Waals surface area contributed by atoms with Crippen LogP contribution in [0.4, 0.5) is 0 Å². The van der Waals surface area contributed by atoms with Crippen LogP contribution in [-0.2, 0) is 11.3 Å². The second kappa shape index (κ2) is 5.07. The van der Waals surface area contributed by atoms with Crippen LogP contribution in [0.25, 0.3) is 0 Å². The van der Waals surface area contributed by atoms with Crippen molar-refractivity contribution in [2.75, 3.05) is 26.0 Å². The molecule has 1 spiro atoms. The fraction of sp³-hybridized carbons (Fsp3) is 0.714. The topological polar surface area (TPSA) is 47.4 Å². The van der Waals surface area contributed by atoms with Crippen molar-refractivity contribution in [3.63, 3.8) is 0 Å². The predicted octanol–water partition coefficient (Wildman–Crippen LogP) is 1.56. The lowest BCUT2D eigenvalue weighted by atomic mass is 9.92. The van der Waals surface area contributed by atoms with Crippen LogP contribution in [-0.4, -0.2) is 57.4 Å². The van der Waals surface area contributed by atoms with E-state index in [0.717, 1.165) is 37.5 Å². The fourth-order valence-corrected chi connectivity index (χ4v) is 4.68. The molecular formula is C14H21N3O2S. The zero-order valence-electron chi connectivity index (χ0n) is 12.3. The molecule has 1 amide bonds. The van der Waals surface area contributed by atoms with Gasteiger partial charge in [0.15, 0.2) is 0 Å². The highest BCUT2D eigenvalue weighted by atomic mass is 32.2. The molecule has 1 aromatic rings. The molecule has 20 heavy (non-hydrogen) atoms. The van der Waals surface area contributed by atoms with Crippen LogP contribution < -0.4 is 0 Å². The SMILES string of the molecule is CCn1nc(C)cc1C(=O)N1CC2(CC(OC)CS2)C1. The molecule has 2 aliphatic rings. The van der Waals surface area contributed by atoms with Crippen LogP contribution in [0.5, 0.6) is 0 Å². The Labute approximate surface area is 123 Å². The maximum Gasteiger partial charge on any atom is 0.272 e. The number of hydrogen-bond donors (Lipinski definition) is 0. The predicted molar refractivity (Wildman–Crippen MR) is 79.1 cm³/mol. The minimum absolute atomic E-state index is 0.111. The number of amides is 1. The maximum atomic E-state index is 12.5. The average molecular weight is 295 g/mol. The van der Waals surface area contributed by atoms with Crippen molar-refractivity contribution < 1.29 is 9.53 Å². The molecule has 5 nitrogen and oxygen atoms in total. The van der Waals surface area contributed by atoms with E-state index >= 15 is 0 Å². The van der Waals surface area contributed by atoms with Gasteiger partial charge in [-0.25, -0.2) is 0 Å². The quantitative estimate of drug-likeness (QED) is 0.849. The van der Waals surface area contributed by atoms with Gasteiger partial charge in [-0.15, -0.1) is 11.8 Å². The van der Waals surface area contributed by atoms with Gasteiger partial charge in [0, 0.05) is 32.5 Å². The van der Waals surface area contributed by atoms with Crippen LogP contribution in [0.2, 0.25) is 0 Å². The van der Waals surface area contributed by atoms with Gasteiger partial charge >= 0.3 is 0 Å². The van der Waals surface area contributed by atoms with Gasteiger partial charge in [0.25, 0.3) is 5.91 Å². The number of ether oxygens (including phenoxy) is 1. The Hall–Kier alpha value is -1.01. The lowest BCUT2D eigenvalue weighted by molar-refractivity contribution is 0.0441. The zero-order valence-corrected chi connectivity index (χ0v) is 13.1. The normalized spacial score (nSPS) is 24.1. The number of aromatic nitrogens is 2. The molecule has 2 fully saturated rings. The minimum atomic E-state index is 0.111. The number of likely N-dealkylation sites (tertiary alicyclic amines) is 1. The van der Waals surface area contributed by atoms with Crippen LogP contribution in [0.3, 0.4) is 0 Å². The Balaban J connectivity index is 1.66. The molecule has 0 aliphatic carbocycles. The van der Waals surface area contributed by atoms with Crippen LogP contribution in [0.15, 0.2) is 6.07 Å². The maximum absolute atomic E-state index is 12.5. The van der Waals surface area contributed by atoms with Gasteiger partial charge in [-0.05, 0) is 26.3 Å². The van der Waals surface area contributed by atoms with Gasteiger partial charge in [0.05, 0.1) is 16.5 Å². The molecule has 0 radical (unpaired) electrons. The van der Waals surface area contributed by atoms with Gasteiger partial charge in [0.2, 0.25) is 0 Å². The summed E-state index contributed by atoms with van der Waals surface area (Å²) in [5, 5.41) is 4.35. The molecule has 0 bridgehead atoms. The van der Waals surface area contributed by atoms with Crippen LogP contribution in [0.1, 0.15) is 29.5 Å². The molecule has 0 saturated carbocycles. The number of thioether (sulfide) groups is 1. The van der Waals surface area contributed by atoms with E-state index in [1.54, 1.807) is 11.8 Å². The Bertz CT molecular complexity index is 522. The number of carbonyl (C=O) groups excluding carboxylic acids is 1. The molecule has 3 rings (SSSR count). The third-order valence-electron chi connectivity index (χ3n) is 4.17. The molecule has 3 heterocycles. The first-order valence-corrected chi connectivity index (χ1v) is 8.06. The summed E-state index contributed by atoms with van der Waals surface area (Å²) in [6, 6.07) is 1.89. The van der Waals surface area contributed by atoms with E-state index in [0.29, 0.717) is 11.8 Å². The van der Waals surface area contributed by atoms with Gasteiger partial charge < -0.3 is 9.64 Å². The van der Waals surface area contributed by atoms with E-state index < -0.39 is 0 Å². The highest BCUT2D eigenvalue weighted by molar-refractivity contribution is 8.01. The summed E-state index contributed by atoms with van der Waals surface area (Å²) in [5.74, 6) is 1.16. The zero-order chi connectivity index (χ0) is 14.3. The lowest BCUT2D eigenvalue weighted by Crippen LogP contribution is -2.61.